The molecule has 5 atom stereocenters. The molecule has 2 bridgehead atoms. The molecule has 0 aliphatic heterocycles. The Bertz CT molecular complexity index is 349. The minimum Gasteiger partial charge on any atom is -0.396 e. The van der Waals surface area contributed by atoms with Crippen molar-refractivity contribution in [2.24, 2.45) is 28.6 Å². The quantitative estimate of drug-likeness (QED) is 0.824. The molecule has 2 nitrogen and oxygen atoms in total. The van der Waals surface area contributed by atoms with Crippen molar-refractivity contribution in [3.63, 3.8) is 0 Å². The number of nitrogens with one attached hydrogen (secondary N) is 1. The standard InChI is InChI=1S/C18H33NO/c1-17(2)15-8-9-18(3,10-15)16(17)19-11-13-6-4-5-7-14(13)12-20/h13-16,19-20H,4-12H2,1-3H3. The smallest absolute Gasteiger partial charge is 0.0462 e. The van der Waals surface area contributed by atoms with Crippen molar-refractivity contribution in [2.75, 3.05) is 13.2 Å². The first-order chi connectivity index (χ1) is 9.47. The number of rotatable bonds is 4. The van der Waals surface area contributed by atoms with E-state index in [0.717, 1.165) is 12.5 Å². The van der Waals surface area contributed by atoms with Gasteiger partial charge in [-0.3, -0.25) is 0 Å². The molecule has 0 amide bonds. The minimum absolute atomic E-state index is 0.389. The average Bonchev–Trinajstić information content (AvgIpc) is 2.90. The maximum Gasteiger partial charge on any atom is 0.0462 e. The van der Waals surface area contributed by atoms with Crippen LogP contribution in [0.3, 0.4) is 0 Å². The fraction of sp³-hybridized carbons (Fsp3) is 1.00. The second-order valence-electron chi connectivity index (χ2n) is 8.74. The zero-order valence-electron chi connectivity index (χ0n) is 13.6. The molecule has 3 saturated carbocycles. The molecule has 3 aliphatic carbocycles. The maximum atomic E-state index is 9.58. The van der Waals surface area contributed by atoms with Gasteiger partial charge in [-0.05, 0) is 67.2 Å². The number of hydrogen-bond donors (Lipinski definition) is 2. The van der Waals surface area contributed by atoms with E-state index in [1.54, 1.807) is 0 Å². The number of hydrogen-bond acceptors (Lipinski definition) is 2. The van der Waals surface area contributed by atoms with Gasteiger partial charge in [0.2, 0.25) is 0 Å². The van der Waals surface area contributed by atoms with Gasteiger partial charge >= 0.3 is 0 Å². The van der Waals surface area contributed by atoms with E-state index < -0.39 is 0 Å². The molecule has 0 heterocycles. The summed E-state index contributed by atoms with van der Waals surface area (Å²) < 4.78 is 0. The largest absolute Gasteiger partial charge is 0.396 e. The summed E-state index contributed by atoms with van der Waals surface area (Å²) in [5, 5.41) is 13.6. The van der Waals surface area contributed by atoms with E-state index in [1.807, 2.05) is 0 Å². The highest BCUT2D eigenvalue weighted by atomic mass is 16.3. The first-order valence-electron chi connectivity index (χ1n) is 8.81. The Morgan fingerprint density at radius 2 is 1.75 bits per heavy atom. The molecule has 20 heavy (non-hydrogen) atoms. The van der Waals surface area contributed by atoms with E-state index in [0.29, 0.717) is 35.3 Å². The van der Waals surface area contributed by atoms with E-state index in [2.05, 4.69) is 26.1 Å². The molecule has 0 aromatic rings. The molecule has 0 radical (unpaired) electrons. The number of fused-ring (bicyclic) bond motifs is 2. The van der Waals surface area contributed by atoms with Gasteiger partial charge in [-0.1, -0.05) is 33.6 Å². The third kappa shape index (κ3) is 2.33. The van der Waals surface area contributed by atoms with Crippen molar-refractivity contribution in [3.05, 3.63) is 0 Å². The van der Waals surface area contributed by atoms with Crippen LogP contribution in [-0.2, 0) is 0 Å². The van der Waals surface area contributed by atoms with Gasteiger partial charge in [0.1, 0.15) is 0 Å². The fourth-order valence-electron chi connectivity index (χ4n) is 5.87. The third-order valence-corrected chi connectivity index (χ3v) is 7.15. The normalized spacial score (nSPS) is 46.8. The predicted molar refractivity (Wildman–Crippen MR) is 83.6 cm³/mol. The first kappa shape index (κ1) is 14.8. The van der Waals surface area contributed by atoms with E-state index >= 15 is 0 Å². The Hall–Kier alpha value is -0.0800. The Balaban J connectivity index is 1.63. The highest BCUT2D eigenvalue weighted by molar-refractivity contribution is 5.12. The van der Waals surface area contributed by atoms with E-state index in [4.69, 9.17) is 0 Å². The predicted octanol–water partition coefficient (Wildman–Crippen LogP) is 3.59. The lowest BCUT2D eigenvalue weighted by Gasteiger charge is -2.44. The molecule has 2 N–H and O–H groups in total. The SMILES string of the molecule is CC12CCC(C1)C(C)(C)C2NCC1CCCCC1CO. The molecule has 3 aliphatic rings. The van der Waals surface area contributed by atoms with Gasteiger partial charge < -0.3 is 10.4 Å². The lowest BCUT2D eigenvalue weighted by atomic mass is 9.68. The van der Waals surface area contributed by atoms with E-state index in [-0.39, 0.29) is 0 Å². The van der Waals surface area contributed by atoms with Gasteiger partial charge in [0, 0.05) is 12.6 Å². The van der Waals surface area contributed by atoms with Crippen molar-refractivity contribution >= 4 is 0 Å². The summed E-state index contributed by atoms with van der Waals surface area (Å²) in [5.74, 6) is 2.17. The van der Waals surface area contributed by atoms with Crippen LogP contribution in [0.2, 0.25) is 0 Å². The van der Waals surface area contributed by atoms with Crippen LogP contribution in [-0.4, -0.2) is 24.3 Å². The Morgan fingerprint density at radius 3 is 2.35 bits per heavy atom. The molecule has 3 rings (SSSR count). The molecule has 0 saturated heterocycles. The molecular weight excluding hydrogens is 246 g/mol. The van der Waals surface area contributed by atoms with Crippen molar-refractivity contribution in [2.45, 2.75) is 71.8 Å². The molecular formula is C18H33NO. The number of aliphatic hydroxyl groups excluding tert-OH is 1. The van der Waals surface area contributed by atoms with Crippen LogP contribution in [0, 0.1) is 28.6 Å². The summed E-state index contributed by atoms with van der Waals surface area (Å²) >= 11 is 0. The molecule has 2 heteroatoms. The average molecular weight is 279 g/mol. The van der Waals surface area contributed by atoms with Crippen LogP contribution < -0.4 is 5.32 Å². The zero-order chi connectivity index (χ0) is 14.4. The van der Waals surface area contributed by atoms with Crippen molar-refractivity contribution in [1.29, 1.82) is 0 Å². The van der Waals surface area contributed by atoms with Crippen LogP contribution >= 0.6 is 0 Å². The molecule has 116 valence electrons. The van der Waals surface area contributed by atoms with E-state index in [9.17, 15) is 5.11 Å². The van der Waals surface area contributed by atoms with E-state index in [1.165, 1.54) is 44.9 Å². The third-order valence-electron chi connectivity index (χ3n) is 7.15. The van der Waals surface area contributed by atoms with Gasteiger partial charge in [0.25, 0.3) is 0 Å². The summed E-state index contributed by atoms with van der Waals surface area (Å²) in [6, 6.07) is 0.676. The summed E-state index contributed by atoms with van der Waals surface area (Å²) in [6.45, 7) is 8.97. The summed E-state index contributed by atoms with van der Waals surface area (Å²) in [5.41, 5.74) is 0.980. The molecule has 0 aromatic heterocycles. The van der Waals surface area contributed by atoms with Gasteiger partial charge in [0.05, 0.1) is 0 Å². The molecule has 0 spiro atoms. The Labute approximate surface area is 124 Å². The van der Waals surface area contributed by atoms with Crippen molar-refractivity contribution in [3.8, 4) is 0 Å². The van der Waals surface area contributed by atoms with Crippen LogP contribution in [0.1, 0.15) is 65.7 Å². The van der Waals surface area contributed by atoms with Crippen molar-refractivity contribution < 1.29 is 5.11 Å². The summed E-state index contributed by atoms with van der Waals surface area (Å²) in [7, 11) is 0. The fourth-order valence-corrected chi connectivity index (χ4v) is 5.87. The lowest BCUT2D eigenvalue weighted by molar-refractivity contribution is 0.0853. The number of aliphatic hydroxyl groups is 1. The molecule has 5 unspecified atom stereocenters. The summed E-state index contributed by atoms with van der Waals surface area (Å²) in [6.07, 6.45) is 9.48. The topological polar surface area (TPSA) is 32.3 Å². The van der Waals surface area contributed by atoms with Gasteiger partial charge in [-0.25, -0.2) is 0 Å². The minimum atomic E-state index is 0.389. The zero-order valence-corrected chi connectivity index (χ0v) is 13.6. The van der Waals surface area contributed by atoms with Crippen molar-refractivity contribution in [1.82, 2.24) is 5.32 Å². The highest BCUT2D eigenvalue weighted by Gasteiger charge is 2.59. The first-order valence-corrected chi connectivity index (χ1v) is 8.81. The Morgan fingerprint density at radius 1 is 1.05 bits per heavy atom. The monoisotopic (exact) mass is 279 g/mol. The summed E-state index contributed by atoms with van der Waals surface area (Å²) in [4.78, 5) is 0. The molecule has 0 aromatic carbocycles. The van der Waals surface area contributed by atoms with Crippen LogP contribution in [0.25, 0.3) is 0 Å². The highest BCUT2D eigenvalue weighted by Crippen LogP contribution is 2.62. The second-order valence-corrected chi connectivity index (χ2v) is 8.74. The van der Waals surface area contributed by atoms with Crippen LogP contribution in [0.5, 0.6) is 0 Å². The second kappa shape index (κ2) is 5.28. The lowest BCUT2D eigenvalue weighted by Crippen LogP contribution is -2.52. The van der Waals surface area contributed by atoms with Crippen LogP contribution in [0.15, 0.2) is 0 Å². The van der Waals surface area contributed by atoms with Gasteiger partial charge in [0.15, 0.2) is 0 Å². The maximum absolute atomic E-state index is 9.58. The van der Waals surface area contributed by atoms with Gasteiger partial charge in [-0.15, -0.1) is 0 Å². The molecule has 3 fully saturated rings. The Kier molecular flexibility index (Phi) is 3.92. The van der Waals surface area contributed by atoms with Gasteiger partial charge in [-0.2, -0.15) is 0 Å². The van der Waals surface area contributed by atoms with Crippen LogP contribution in [0.4, 0.5) is 0 Å².